The summed E-state index contributed by atoms with van der Waals surface area (Å²) >= 11 is 3.00. The molecule has 6 nitrogen and oxygen atoms in total. The third-order valence-electron chi connectivity index (χ3n) is 2.31. The monoisotopic (exact) mass is 358 g/mol. The van der Waals surface area contributed by atoms with Crippen molar-refractivity contribution in [1.82, 2.24) is 20.6 Å². The van der Waals surface area contributed by atoms with Crippen molar-refractivity contribution in [3.05, 3.63) is 40.3 Å². The Kier molecular flexibility index (Phi) is 4.23. The molecule has 10 heteroatoms. The van der Waals surface area contributed by atoms with Crippen molar-refractivity contribution in [2.45, 2.75) is 6.18 Å². The van der Waals surface area contributed by atoms with Crippen LogP contribution in [0.5, 0.6) is 0 Å². The number of anilines is 1. The molecular weight excluding hydrogens is 353 g/mol. The van der Waals surface area contributed by atoms with E-state index in [0.29, 0.717) is 0 Å². The Balaban J connectivity index is 2.28. The maximum absolute atomic E-state index is 12.7. The van der Waals surface area contributed by atoms with Crippen LogP contribution in [0.15, 0.2) is 28.9 Å². The molecule has 0 aliphatic rings. The number of halogens is 4. The lowest BCUT2D eigenvalue weighted by Gasteiger charge is -2.10. The predicted octanol–water partition coefficient (Wildman–Crippen LogP) is 2.96. The molecule has 0 saturated heterocycles. The second-order valence-corrected chi connectivity index (χ2v) is 4.69. The number of nitrogens with one attached hydrogen (secondary N) is 2. The molecule has 108 valence electrons. The molecule has 1 aromatic carbocycles. The average molecular weight is 359 g/mol. The first-order chi connectivity index (χ1) is 9.90. The van der Waals surface area contributed by atoms with Gasteiger partial charge in [-0.2, -0.15) is 23.6 Å². The largest absolute Gasteiger partial charge is 0.416 e. The highest BCUT2D eigenvalue weighted by Crippen LogP contribution is 2.33. The lowest BCUT2D eigenvalue weighted by atomic mass is 10.2. The van der Waals surface area contributed by atoms with E-state index < -0.39 is 11.7 Å². The Labute approximate surface area is 124 Å². The minimum atomic E-state index is -4.46. The van der Waals surface area contributed by atoms with Gasteiger partial charge in [-0.15, -0.1) is 10.2 Å². The minimum absolute atomic E-state index is 0.0253. The smallest absolute Gasteiger partial charge is 0.360 e. The van der Waals surface area contributed by atoms with E-state index in [9.17, 15) is 13.2 Å². The quantitative estimate of drug-likeness (QED) is 0.823. The number of tetrazole rings is 1. The highest BCUT2D eigenvalue weighted by molar-refractivity contribution is 9.10. The van der Waals surface area contributed by atoms with Crippen LogP contribution >= 0.6 is 15.9 Å². The van der Waals surface area contributed by atoms with Crippen molar-refractivity contribution in [3.63, 3.8) is 0 Å². The van der Waals surface area contributed by atoms with E-state index in [1.165, 1.54) is 12.3 Å². The fourth-order valence-corrected chi connectivity index (χ4v) is 1.91. The Morgan fingerprint density at radius 2 is 2.14 bits per heavy atom. The van der Waals surface area contributed by atoms with Crippen LogP contribution in [-0.4, -0.2) is 20.6 Å². The third-order valence-corrected chi connectivity index (χ3v) is 2.77. The second kappa shape index (κ2) is 5.92. The van der Waals surface area contributed by atoms with E-state index in [1.54, 1.807) is 0 Å². The summed E-state index contributed by atoms with van der Waals surface area (Å²) in [5, 5.41) is 24.2. The molecular formula is C11H6BrF3N6. The molecule has 0 saturated carbocycles. The summed E-state index contributed by atoms with van der Waals surface area (Å²) in [6.45, 7) is 0. The van der Waals surface area contributed by atoms with Gasteiger partial charge in [0.15, 0.2) is 0 Å². The predicted molar refractivity (Wildman–Crippen MR) is 70.5 cm³/mol. The number of aromatic amines is 1. The fourth-order valence-electron chi connectivity index (χ4n) is 1.41. The molecule has 0 bridgehead atoms. The van der Waals surface area contributed by atoms with Crippen molar-refractivity contribution in [2.24, 2.45) is 0 Å². The molecule has 0 amide bonds. The van der Waals surface area contributed by atoms with Crippen molar-refractivity contribution < 1.29 is 13.2 Å². The molecule has 0 aliphatic heterocycles. The Bertz CT molecular complexity index is 702. The number of nitrogens with zero attached hydrogens (tertiary/aromatic N) is 4. The summed E-state index contributed by atoms with van der Waals surface area (Å²) in [6.07, 6.45) is -3.26. The molecule has 1 aromatic heterocycles. The van der Waals surface area contributed by atoms with E-state index in [2.05, 4.69) is 41.9 Å². The number of allylic oxidation sites excluding steroid dienone is 1. The van der Waals surface area contributed by atoms with Gasteiger partial charge < -0.3 is 5.32 Å². The van der Waals surface area contributed by atoms with Gasteiger partial charge in [0, 0.05) is 16.4 Å². The summed E-state index contributed by atoms with van der Waals surface area (Å²) in [7, 11) is 0. The summed E-state index contributed by atoms with van der Waals surface area (Å²) in [5.74, 6) is 0.0380. The number of hydrogen-bond acceptors (Lipinski definition) is 5. The van der Waals surface area contributed by atoms with Crippen LogP contribution in [0.1, 0.15) is 11.4 Å². The third kappa shape index (κ3) is 3.79. The molecule has 0 aliphatic carbocycles. The van der Waals surface area contributed by atoms with Crippen molar-refractivity contribution in [2.75, 3.05) is 5.32 Å². The summed E-state index contributed by atoms with van der Waals surface area (Å²) in [5.41, 5.74) is -0.629. The molecule has 1 heterocycles. The second-order valence-electron chi connectivity index (χ2n) is 3.78. The van der Waals surface area contributed by atoms with Crippen molar-refractivity contribution >= 4 is 27.2 Å². The number of H-pyrrole nitrogens is 1. The molecule has 0 radical (unpaired) electrons. The number of nitriles is 1. The lowest BCUT2D eigenvalue weighted by Crippen LogP contribution is -2.05. The van der Waals surface area contributed by atoms with Gasteiger partial charge in [0.2, 0.25) is 5.82 Å². The van der Waals surface area contributed by atoms with Crippen LogP contribution in [0.25, 0.3) is 5.57 Å². The van der Waals surface area contributed by atoms with Gasteiger partial charge >= 0.3 is 6.18 Å². The fraction of sp³-hybridized carbons (Fsp3) is 0.0909. The number of hydrogen-bond donors (Lipinski definition) is 2. The topological polar surface area (TPSA) is 90.3 Å². The zero-order chi connectivity index (χ0) is 15.5. The van der Waals surface area contributed by atoms with Gasteiger partial charge in [0.05, 0.1) is 5.56 Å². The zero-order valence-corrected chi connectivity index (χ0v) is 11.7. The van der Waals surface area contributed by atoms with Gasteiger partial charge in [0.25, 0.3) is 0 Å². The molecule has 2 N–H and O–H groups in total. The Hall–Kier alpha value is -2.41. The molecule has 0 unspecified atom stereocenters. The first-order valence-electron chi connectivity index (χ1n) is 5.38. The standard InChI is InChI=1S/C11H6BrF3N6/c12-8-1-7(11(13,14)15)2-9(3-8)17-5-6(4-16)10-18-20-21-19-10/h1-3,5,17H,(H,18,19,20,21). The van der Waals surface area contributed by atoms with E-state index in [1.807, 2.05) is 6.07 Å². The highest BCUT2D eigenvalue weighted by atomic mass is 79.9. The molecule has 0 fully saturated rings. The number of benzene rings is 1. The maximum atomic E-state index is 12.7. The number of rotatable bonds is 3. The molecule has 2 rings (SSSR count). The van der Waals surface area contributed by atoms with Gasteiger partial charge in [-0.1, -0.05) is 15.9 Å². The molecule has 2 aromatic rings. The van der Waals surface area contributed by atoms with E-state index in [4.69, 9.17) is 5.26 Å². The van der Waals surface area contributed by atoms with Gasteiger partial charge in [-0.05, 0) is 23.4 Å². The van der Waals surface area contributed by atoms with Crippen LogP contribution in [0, 0.1) is 11.3 Å². The summed E-state index contributed by atoms with van der Waals surface area (Å²) in [6, 6.07) is 5.14. The van der Waals surface area contributed by atoms with Crippen LogP contribution in [-0.2, 0) is 6.18 Å². The van der Waals surface area contributed by atoms with Gasteiger partial charge in [0.1, 0.15) is 11.6 Å². The van der Waals surface area contributed by atoms with E-state index in [-0.39, 0.29) is 21.6 Å². The first kappa shape index (κ1) is 15.0. The van der Waals surface area contributed by atoms with Gasteiger partial charge in [-0.25, -0.2) is 0 Å². The minimum Gasteiger partial charge on any atom is -0.360 e. The van der Waals surface area contributed by atoms with Crippen molar-refractivity contribution in [3.8, 4) is 6.07 Å². The highest BCUT2D eigenvalue weighted by Gasteiger charge is 2.31. The Morgan fingerprint density at radius 3 is 2.71 bits per heavy atom. The van der Waals surface area contributed by atoms with Crippen molar-refractivity contribution in [1.29, 1.82) is 5.26 Å². The average Bonchev–Trinajstić information content (AvgIpc) is 2.92. The number of aromatic nitrogens is 4. The zero-order valence-electron chi connectivity index (χ0n) is 10.1. The summed E-state index contributed by atoms with van der Waals surface area (Å²) < 4.78 is 38.3. The van der Waals surface area contributed by atoms with Crippen LogP contribution in [0.3, 0.4) is 0 Å². The molecule has 21 heavy (non-hydrogen) atoms. The molecule has 0 atom stereocenters. The Morgan fingerprint density at radius 1 is 1.38 bits per heavy atom. The SMILES string of the molecule is N#CC(=CNc1cc(Br)cc(C(F)(F)F)c1)c1nn[nH]n1. The number of alkyl halides is 3. The lowest BCUT2D eigenvalue weighted by molar-refractivity contribution is -0.137. The summed E-state index contributed by atoms with van der Waals surface area (Å²) in [4.78, 5) is 0. The van der Waals surface area contributed by atoms with Crippen LogP contribution < -0.4 is 5.32 Å². The normalized spacial score (nSPS) is 12.0. The van der Waals surface area contributed by atoms with Crippen LogP contribution in [0.4, 0.5) is 18.9 Å². The van der Waals surface area contributed by atoms with Gasteiger partial charge in [-0.3, -0.25) is 0 Å². The van der Waals surface area contributed by atoms with E-state index >= 15 is 0 Å². The first-order valence-corrected chi connectivity index (χ1v) is 6.18. The maximum Gasteiger partial charge on any atom is 0.416 e. The van der Waals surface area contributed by atoms with Crippen LogP contribution in [0.2, 0.25) is 0 Å². The van der Waals surface area contributed by atoms with E-state index in [0.717, 1.165) is 12.1 Å². The molecule has 0 spiro atoms.